The van der Waals surface area contributed by atoms with E-state index in [-0.39, 0.29) is 0 Å². The smallest absolute Gasteiger partial charge is 0.222 e. The maximum Gasteiger partial charge on any atom is 0.222 e. The van der Waals surface area contributed by atoms with Crippen molar-refractivity contribution in [2.24, 2.45) is 17.8 Å². The fourth-order valence-corrected chi connectivity index (χ4v) is 4.03. The number of carbonyl (C=O) groups is 1. The molecule has 0 aromatic heterocycles. The molecule has 2 heteroatoms. The van der Waals surface area contributed by atoms with Crippen molar-refractivity contribution >= 4 is 5.91 Å². The third-order valence-corrected chi connectivity index (χ3v) is 5.02. The number of fused-ring (bicyclic) bond motifs is 1. The lowest BCUT2D eigenvalue weighted by Crippen LogP contribution is -2.30. The molecule has 0 aromatic rings. The predicted octanol–water partition coefficient (Wildman–Crippen LogP) is 2.83. The van der Waals surface area contributed by atoms with Crippen molar-refractivity contribution < 1.29 is 4.79 Å². The molecule has 1 aliphatic heterocycles. The summed E-state index contributed by atoms with van der Waals surface area (Å²) in [5.74, 6) is 2.88. The largest absolute Gasteiger partial charge is 0.342 e. The fraction of sp³-hybridized carbons (Fsp3) is 0.929. The molecule has 1 saturated heterocycles. The molecule has 1 amide bonds. The van der Waals surface area contributed by atoms with Gasteiger partial charge >= 0.3 is 0 Å². The molecule has 2 unspecified atom stereocenters. The number of likely N-dealkylation sites (tertiary alicyclic amines) is 1. The Bertz CT molecular complexity index is 258. The van der Waals surface area contributed by atoms with Gasteiger partial charge in [0.2, 0.25) is 5.91 Å². The highest BCUT2D eigenvalue weighted by Gasteiger charge is 2.38. The molecule has 0 spiro atoms. The van der Waals surface area contributed by atoms with Crippen LogP contribution < -0.4 is 0 Å². The first-order valence-corrected chi connectivity index (χ1v) is 7.10. The molecule has 2 nitrogen and oxygen atoms in total. The van der Waals surface area contributed by atoms with Gasteiger partial charge in [0.05, 0.1) is 0 Å². The summed E-state index contributed by atoms with van der Waals surface area (Å²) in [5, 5.41) is 0. The average Bonchev–Trinajstić information content (AvgIpc) is 2.91. The minimum Gasteiger partial charge on any atom is -0.342 e. The van der Waals surface area contributed by atoms with Gasteiger partial charge in [0, 0.05) is 19.5 Å². The molecule has 3 rings (SSSR count). The van der Waals surface area contributed by atoms with Crippen molar-refractivity contribution in [1.29, 1.82) is 0 Å². The molecule has 2 atom stereocenters. The van der Waals surface area contributed by atoms with E-state index in [0.717, 1.165) is 31.3 Å². The van der Waals surface area contributed by atoms with Gasteiger partial charge in [-0.15, -0.1) is 0 Å². The molecular weight excluding hydrogens is 198 g/mol. The van der Waals surface area contributed by atoms with E-state index in [9.17, 15) is 4.79 Å². The Labute approximate surface area is 98.4 Å². The summed E-state index contributed by atoms with van der Waals surface area (Å²) in [6.45, 7) is 2.16. The summed E-state index contributed by atoms with van der Waals surface area (Å²) in [7, 11) is 0. The number of hydrogen-bond acceptors (Lipinski definition) is 1. The third kappa shape index (κ3) is 1.99. The topological polar surface area (TPSA) is 20.3 Å². The second-order valence-corrected chi connectivity index (χ2v) is 6.10. The monoisotopic (exact) mass is 221 g/mol. The molecule has 0 aromatic carbocycles. The van der Waals surface area contributed by atoms with E-state index in [0.29, 0.717) is 11.8 Å². The van der Waals surface area contributed by atoms with E-state index in [2.05, 4.69) is 4.90 Å². The molecule has 2 aliphatic carbocycles. The second kappa shape index (κ2) is 4.38. The highest BCUT2D eigenvalue weighted by Crippen LogP contribution is 2.38. The van der Waals surface area contributed by atoms with Crippen LogP contribution in [0.2, 0.25) is 0 Å². The molecule has 2 saturated carbocycles. The lowest BCUT2D eigenvalue weighted by molar-refractivity contribution is -0.131. The number of amides is 1. The van der Waals surface area contributed by atoms with Crippen LogP contribution in [0.15, 0.2) is 0 Å². The first-order chi connectivity index (χ1) is 7.83. The van der Waals surface area contributed by atoms with Crippen molar-refractivity contribution in [2.45, 2.75) is 51.4 Å². The van der Waals surface area contributed by atoms with Crippen molar-refractivity contribution in [3.63, 3.8) is 0 Å². The number of carbonyl (C=O) groups excluding carboxylic acids is 1. The van der Waals surface area contributed by atoms with Gasteiger partial charge in [0.15, 0.2) is 0 Å². The maximum absolute atomic E-state index is 12.2. The van der Waals surface area contributed by atoms with Gasteiger partial charge in [-0.1, -0.05) is 19.3 Å². The van der Waals surface area contributed by atoms with Gasteiger partial charge in [0.1, 0.15) is 0 Å². The average molecular weight is 221 g/mol. The van der Waals surface area contributed by atoms with Crippen LogP contribution in [0.25, 0.3) is 0 Å². The zero-order valence-corrected chi connectivity index (χ0v) is 10.2. The molecule has 3 aliphatic rings. The van der Waals surface area contributed by atoms with E-state index < -0.39 is 0 Å². The summed E-state index contributed by atoms with van der Waals surface area (Å²) in [5.41, 5.74) is 0. The molecule has 90 valence electrons. The molecule has 1 heterocycles. The Hall–Kier alpha value is -0.530. The van der Waals surface area contributed by atoms with Crippen LogP contribution in [0.4, 0.5) is 0 Å². The summed E-state index contributed by atoms with van der Waals surface area (Å²) in [6.07, 6.45) is 10.3. The van der Waals surface area contributed by atoms with Crippen LogP contribution in [-0.4, -0.2) is 23.9 Å². The highest BCUT2D eigenvalue weighted by molar-refractivity contribution is 5.76. The van der Waals surface area contributed by atoms with Crippen molar-refractivity contribution in [3.05, 3.63) is 0 Å². The van der Waals surface area contributed by atoms with Gasteiger partial charge in [-0.3, -0.25) is 4.79 Å². The molecule has 0 N–H and O–H groups in total. The quantitative estimate of drug-likeness (QED) is 0.702. The second-order valence-electron chi connectivity index (χ2n) is 6.10. The van der Waals surface area contributed by atoms with E-state index >= 15 is 0 Å². The van der Waals surface area contributed by atoms with Gasteiger partial charge in [-0.25, -0.2) is 0 Å². The fourth-order valence-electron chi connectivity index (χ4n) is 4.03. The Morgan fingerprint density at radius 1 is 0.938 bits per heavy atom. The normalized spacial score (nSPS) is 34.6. The summed E-state index contributed by atoms with van der Waals surface area (Å²) in [6, 6.07) is 0. The molecule has 16 heavy (non-hydrogen) atoms. The lowest BCUT2D eigenvalue weighted by atomic mass is 10.0. The van der Waals surface area contributed by atoms with E-state index in [1.807, 2.05) is 0 Å². The Balaban J connectivity index is 1.51. The van der Waals surface area contributed by atoms with Crippen molar-refractivity contribution in [3.8, 4) is 0 Å². The zero-order chi connectivity index (χ0) is 11.0. The van der Waals surface area contributed by atoms with Crippen LogP contribution in [-0.2, 0) is 4.79 Å². The van der Waals surface area contributed by atoms with Crippen LogP contribution in [0.3, 0.4) is 0 Å². The van der Waals surface area contributed by atoms with E-state index in [1.165, 1.54) is 44.9 Å². The third-order valence-electron chi connectivity index (χ3n) is 5.02. The summed E-state index contributed by atoms with van der Waals surface area (Å²) < 4.78 is 0. The number of hydrogen-bond donors (Lipinski definition) is 0. The van der Waals surface area contributed by atoms with Gasteiger partial charge in [0.25, 0.3) is 0 Å². The van der Waals surface area contributed by atoms with Gasteiger partial charge in [-0.2, -0.15) is 0 Å². The number of rotatable bonds is 2. The summed E-state index contributed by atoms with van der Waals surface area (Å²) in [4.78, 5) is 14.3. The van der Waals surface area contributed by atoms with E-state index in [4.69, 9.17) is 0 Å². The van der Waals surface area contributed by atoms with Crippen LogP contribution in [0.1, 0.15) is 51.4 Å². The maximum atomic E-state index is 12.2. The van der Waals surface area contributed by atoms with Crippen LogP contribution in [0, 0.1) is 17.8 Å². The highest BCUT2D eigenvalue weighted by atomic mass is 16.2. The number of nitrogens with zero attached hydrogens (tertiary/aromatic N) is 1. The molecular formula is C14H23NO. The van der Waals surface area contributed by atoms with Gasteiger partial charge in [-0.05, 0) is 43.4 Å². The molecule has 0 bridgehead atoms. The standard InChI is InChI=1S/C14H23NO/c16-14(8-11-4-1-2-5-11)15-9-12-6-3-7-13(12)10-15/h11-13H,1-10H2. The minimum absolute atomic E-state index is 0.460. The SMILES string of the molecule is O=C(CC1CCCC1)N1CC2CCCC2C1. The zero-order valence-electron chi connectivity index (χ0n) is 10.2. The predicted molar refractivity (Wildman–Crippen MR) is 64.0 cm³/mol. The summed E-state index contributed by atoms with van der Waals surface area (Å²) >= 11 is 0. The minimum atomic E-state index is 0.460. The Morgan fingerprint density at radius 2 is 1.56 bits per heavy atom. The van der Waals surface area contributed by atoms with E-state index in [1.54, 1.807) is 0 Å². The van der Waals surface area contributed by atoms with Crippen molar-refractivity contribution in [2.75, 3.05) is 13.1 Å². The lowest BCUT2D eigenvalue weighted by Gasteiger charge is -2.19. The Kier molecular flexibility index (Phi) is 2.91. The molecule has 0 radical (unpaired) electrons. The van der Waals surface area contributed by atoms with Gasteiger partial charge < -0.3 is 4.90 Å². The van der Waals surface area contributed by atoms with Crippen LogP contribution >= 0.6 is 0 Å². The van der Waals surface area contributed by atoms with Crippen LogP contribution in [0.5, 0.6) is 0 Å². The van der Waals surface area contributed by atoms with Crippen molar-refractivity contribution in [1.82, 2.24) is 4.90 Å². The Morgan fingerprint density at radius 3 is 2.19 bits per heavy atom. The first-order valence-electron chi connectivity index (χ1n) is 7.10. The molecule has 3 fully saturated rings. The first kappa shape index (κ1) is 10.6.